The van der Waals surface area contributed by atoms with Gasteiger partial charge in [-0.25, -0.2) is 9.97 Å². The summed E-state index contributed by atoms with van der Waals surface area (Å²) in [4.78, 5) is 14.0. The minimum absolute atomic E-state index is 0.102. The summed E-state index contributed by atoms with van der Waals surface area (Å²) in [6.07, 6.45) is 5.89. The van der Waals surface area contributed by atoms with Gasteiger partial charge in [0.25, 0.3) is 5.88 Å². The molecule has 21 heavy (non-hydrogen) atoms. The van der Waals surface area contributed by atoms with Crippen LogP contribution in [0.2, 0.25) is 0 Å². The fraction of sp³-hybridized carbons (Fsp3) is 0.500. The molecule has 5 heteroatoms. The van der Waals surface area contributed by atoms with Crippen molar-refractivity contribution in [3.8, 4) is 5.88 Å². The summed E-state index contributed by atoms with van der Waals surface area (Å²) in [5, 5.41) is 0. The monoisotopic (exact) mass is 303 g/mol. The van der Waals surface area contributed by atoms with Crippen molar-refractivity contribution >= 4 is 17.2 Å². The van der Waals surface area contributed by atoms with E-state index in [9.17, 15) is 0 Å². The molecule has 3 rings (SSSR count). The number of anilines is 1. The lowest BCUT2D eigenvalue weighted by Crippen LogP contribution is -2.24. The van der Waals surface area contributed by atoms with Gasteiger partial charge in [-0.1, -0.05) is 0 Å². The molecule has 0 aromatic carbocycles. The minimum atomic E-state index is 0.102. The number of hydrogen-bond donors (Lipinski definition) is 0. The second kappa shape index (κ2) is 6.02. The molecule has 2 aromatic rings. The van der Waals surface area contributed by atoms with Gasteiger partial charge in [-0.05, 0) is 45.7 Å². The second-order valence-electron chi connectivity index (χ2n) is 5.65. The van der Waals surface area contributed by atoms with E-state index in [0.717, 1.165) is 18.8 Å². The molecule has 0 aliphatic carbocycles. The highest BCUT2D eigenvalue weighted by Crippen LogP contribution is 2.40. The predicted octanol–water partition coefficient (Wildman–Crippen LogP) is 3.98. The average Bonchev–Trinajstić information content (AvgIpc) is 3.07. The van der Waals surface area contributed by atoms with Crippen LogP contribution in [0.25, 0.3) is 0 Å². The Labute approximate surface area is 129 Å². The molecule has 4 nitrogen and oxygen atoms in total. The predicted molar refractivity (Wildman–Crippen MR) is 86.2 cm³/mol. The molecule has 2 aromatic heterocycles. The summed E-state index contributed by atoms with van der Waals surface area (Å²) >= 11 is 1.87. The van der Waals surface area contributed by atoms with Gasteiger partial charge in [0.2, 0.25) is 0 Å². The second-order valence-corrected chi connectivity index (χ2v) is 6.97. The molecule has 0 spiro atoms. The Hall–Kier alpha value is -1.62. The third kappa shape index (κ3) is 3.02. The zero-order valence-electron chi connectivity index (χ0n) is 12.7. The maximum Gasteiger partial charge on any atom is 0.257 e. The highest BCUT2D eigenvalue weighted by Gasteiger charge is 2.30. The Morgan fingerprint density at radius 3 is 2.81 bits per heavy atom. The lowest BCUT2D eigenvalue weighted by molar-refractivity contribution is 0.232. The molecule has 1 aliphatic rings. The summed E-state index contributed by atoms with van der Waals surface area (Å²) in [6.45, 7) is 7.20. The van der Waals surface area contributed by atoms with Crippen molar-refractivity contribution in [2.24, 2.45) is 0 Å². The van der Waals surface area contributed by atoms with Gasteiger partial charge >= 0.3 is 0 Å². The Bertz CT molecular complexity index is 611. The fourth-order valence-electron chi connectivity index (χ4n) is 2.77. The molecule has 1 atom stereocenters. The molecule has 3 heterocycles. The van der Waals surface area contributed by atoms with Gasteiger partial charge in [0.1, 0.15) is 0 Å². The van der Waals surface area contributed by atoms with E-state index in [1.165, 1.54) is 16.2 Å². The maximum atomic E-state index is 5.84. The van der Waals surface area contributed by atoms with Gasteiger partial charge in [-0.2, -0.15) is 0 Å². The van der Waals surface area contributed by atoms with Crippen LogP contribution in [-0.2, 0) is 0 Å². The van der Waals surface area contributed by atoms with E-state index >= 15 is 0 Å². The van der Waals surface area contributed by atoms with Crippen molar-refractivity contribution < 1.29 is 4.74 Å². The fourth-order valence-corrected chi connectivity index (χ4v) is 3.79. The van der Waals surface area contributed by atoms with Crippen LogP contribution in [0.1, 0.15) is 42.5 Å². The van der Waals surface area contributed by atoms with Crippen LogP contribution in [0.3, 0.4) is 0 Å². The van der Waals surface area contributed by atoms with E-state index in [1.807, 2.05) is 25.2 Å². The summed E-state index contributed by atoms with van der Waals surface area (Å²) < 4.78 is 5.84. The molecule has 0 bridgehead atoms. The van der Waals surface area contributed by atoms with Gasteiger partial charge in [0.15, 0.2) is 5.82 Å². The van der Waals surface area contributed by atoms with Crippen molar-refractivity contribution in [2.45, 2.75) is 45.8 Å². The standard InChI is InChI=1S/C16H21N3OS/c1-11(2)20-16-15(17-8-9-18-16)19-10-4-5-13(19)14-7-6-12(3)21-14/h6-9,11,13H,4-5,10H2,1-3H3. The number of rotatable bonds is 4. The smallest absolute Gasteiger partial charge is 0.257 e. The van der Waals surface area contributed by atoms with Gasteiger partial charge in [0, 0.05) is 28.7 Å². The first kappa shape index (κ1) is 14.3. The van der Waals surface area contributed by atoms with Crippen molar-refractivity contribution in [3.63, 3.8) is 0 Å². The van der Waals surface area contributed by atoms with Crippen LogP contribution in [-0.4, -0.2) is 22.6 Å². The highest BCUT2D eigenvalue weighted by atomic mass is 32.1. The van der Waals surface area contributed by atoms with Crippen molar-refractivity contribution in [3.05, 3.63) is 34.3 Å². The zero-order chi connectivity index (χ0) is 14.8. The van der Waals surface area contributed by atoms with E-state index in [4.69, 9.17) is 4.74 Å². The van der Waals surface area contributed by atoms with Crippen LogP contribution in [0.15, 0.2) is 24.5 Å². The van der Waals surface area contributed by atoms with Crippen LogP contribution < -0.4 is 9.64 Å². The molecule has 1 fully saturated rings. The minimum Gasteiger partial charge on any atom is -0.472 e. The maximum absolute atomic E-state index is 5.84. The topological polar surface area (TPSA) is 38.2 Å². The molecule has 1 aliphatic heterocycles. The van der Waals surface area contributed by atoms with Gasteiger partial charge in [-0.15, -0.1) is 11.3 Å². The van der Waals surface area contributed by atoms with E-state index in [2.05, 4.69) is 33.9 Å². The van der Waals surface area contributed by atoms with Crippen LogP contribution in [0, 0.1) is 6.92 Å². The van der Waals surface area contributed by atoms with Crippen molar-refractivity contribution in [2.75, 3.05) is 11.4 Å². The molecular formula is C16H21N3OS. The quantitative estimate of drug-likeness (QED) is 0.856. The summed E-state index contributed by atoms with van der Waals surface area (Å²) in [6, 6.07) is 4.83. The molecule has 112 valence electrons. The Balaban J connectivity index is 1.92. The molecule has 0 N–H and O–H groups in total. The SMILES string of the molecule is Cc1ccc(C2CCCN2c2nccnc2OC(C)C)s1. The Kier molecular flexibility index (Phi) is 4.10. The summed E-state index contributed by atoms with van der Waals surface area (Å²) in [5.74, 6) is 1.52. The third-order valence-corrected chi connectivity index (χ3v) is 4.71. The van der Waals surface area contributed by atoms with Crippen LogP contribution >= 0.6 is 11.3 Å². The normalized spacial score (nSPS) is 18.5. The number of aromatic nitrogens is 2. The average molecular weight is 303 g/mol. The highest BCUT2D eigenvalue weighted by molar-refractivity contribution is 7.12. The van der Waals surface area contributed by atoms with E-state index in [-0.39, 0.29) is 6.10 Å². The number of ether oxygens (including phenoxy) is 1. The molecular weight excluding hydrogens is 282 g/mol. The molecule has 0 radical (unpaired) electrons. The molecule has 0 amide bonds. The van der Waals surface area contributed by atoms with Gasteiger partial charge < -0.3 is 9.64 Å². The van der Waals surface area contributed by atoms with Gasteiger partial charge in [0.05, 0.1) is 12.1 Å². The number of thiophene rings is 1. The summed E-state index contributed by atoms with van der Waals surface area (Å²) in [7, 11) is 0. The molecule has 1 unspecified atom stereocenters. The van der Waals surface area contributed by atoms with Crippen molar-refractivity contribution in [1.82, 2.24) is 9.97 Å². The first-order valence-corrected chi connectivity index (χ1v) is 8.27. The van der Waals surface area contributed by atoms with E-state index in [0.29, 0.717) is 11.9 Å². The Morgan fingerprint density at radius 2 is 2.10 bits per heavy atom. The van der Waals surface area contributed by atoms with Crippen LogP contribution in [0.4, 0.5) is 5.82 Å². The zero-order valence-corrected chi connectivity index (χ0v) is 13.6. The first-order valence-electron chi connectivity index (χ1n) is 7.46. The molecule has 0 saturated carbocycles. The lowest BCUT2D eigenvalue weighted by Gasteiger charge is -2.26. The number of hydrogen-bond acceptors (Lipinski definition) is 5. The third-order valence-electron chi connectivity index (χ3n) is 3.61. The molecule has 1 saturated heterocycles. The largest absolute Gasteiger partial charge is 0.472 e. The Morgan fingerprint density at radius 1 is 1.29 bits per heavy atom. The number of aryl methyl sites for hydroxylation is 1. The van der Waals surface area contributed by atoms with E-state index < -0.39 is 0 Å². The summed E-state index contributed by atoms with van der Waals surface area (Å²) in [5.41, 5.74) is 0. The van der Waals surface area contributed by atoms with Crippen molar-refractivity contribution in [1.29, 1.82) is 0 Å². The number of nitrogens with zero attached hydrogens (tertiary/aromatic N) is 3. The van der Waals surface area contributed by atoms with E-state index in [1.54, 1.807) is 12.4 Å². The van der Waals surface area contributed by atoms with Crippen LogP contribution in [0.5, 0.6) is 5.88 Å². The first-order chi connectivity index (χ1) is 10.1. The van der Waals surface area contributed by atoms with Gasteiger partial charge in [-0.3, -0.25) is 0 Å². The lowest BCUT2D eigenvalue weighted by atomic mass is 10.2.